The van der Waals surface area contributed by atoms with Gasteiger partial charge < -0.3 is 10.6 Å². The molecule has 7 heteroatoms. The van der Waals surface area contributed by atoms with Gasteiger partial charge in [0, 0.05) is 12.7 Å². The summed E-state index contributed by atoms with van der Waals surface area (Å²) < 4.78 is 14.0. The van der Waals surface area contributed by atoms with Crippen molar-refractivity contribution in [3.63, 3.8) is 0 Å². The van der Waals surface area contributed by atoms with E-state index in [0.29, 0.717) is 17.9 Å². The van der Waals surface area contributed by atoms with Crippen molar-refractivity contribution < 1.29 is 9.18 Å². The van der Waals surface area contributed by atoms with E-state index in [1.165, 1.54) is 23.5 Å². The molecule has 126 valence electrons. The fourth-order valence-electron chi connectivity index (χ4n) is 2.17. The molecule has 0 fully saturated rings. The molecule has 5 nitrogen and oxygen atoms in total. The Morgan fingerprint density at radius 3 is 2.76 bits per heavy atom. The number of rotatable bonds is 4. The molecule has 1 aromatic heterocycles. The smallest absolute Gasteiger partial charge is 0.200 e. The van der Waals surface area contributed by atoms with Gasteiger partial charge in [0.2, 0.25) is 5.96 Å². The Bertz CT molecular complexity index is 947. The number of aldehydes is 1. The number of hydrogen-bond acceptors (Lipinski definition) is 4. The van der Waals surface area contributed by atoms with Crippen LogP contribution in [0.2, 0.25) is 0 Å². The zero-order chi connectivity index (χ0) is 17.6. The SMILES string of the molecule is CN/C(=N\C(C=O)=C/c1ccc2ncsc2c1)Nc1ccc(F)cc1. The molecule has 1 heterocycles. The molecule has 0 aliphatic heterocycles. The van der Waals surface area contributed by atoms with Crippen LogP contribution >= 0.6 is 11.3 Å². The maximum absolute atomic E-state index is 13.0. The van der Waals surface area contributed by atoms with Crippen LogP contribution in [0.1, 0.15) is 5.56 Å². The second-order valence-corrected chi connectivity index (χ2v) is 6.00. The lowest BCUT2D eigenvalue weighted by Gasteiger charge is -2.09. The van der Waals surface area contributed by atoms with Crippen LogP contribution in [-0.4, -0.2) is 24.3 Å². The minimum Gasteiger partial charge on any atom is -0.359 e. The number of anilines is 1. The molecule has 0 aliphatic carbocycles. The summed E-state index contributed by atoms with van der Waals surface area (Å²) in [5.41, 5.74) is 4.48. The van der Waals surface area contributed by atoms with Gasteiger partial charge in [-0.25, -0.2) is 14.4 Å². The lowest BCUT2D eigenvalue weighted by atomic mass is 10.2. The van der Waals surface area contributed by atoms with Crippen molar-refractivity contribution in [2.45, 2.75) is 0 Å². The van der Waals surface area contributed by atoms with E-state index < -0.39 is 0 Å². The molecule has 0 saturated heterocycles. The number of nitrogens with zero attached hydrogens (tertiary/aromatic N) is 2. The van der Waals surface area contributed by atoms with E-state index in [9.17, 15) is 9.18 Å². The Balaban J connectivity index is 1.85. The van der Waals surface area contributed by atoms with Gasteiger partial charge >= 0.3 is 0 Å². The number of benzene rings is 2. The highest BCUT2D eigenvalue weighted by atomic mass is 32.1. The molecular weight excluding hydrogens is 339 g/mol. The number of allylic oxidation sites excluding steroid dienone is 1. The van der Waals surface area contributed by atoms with E-state index in [2.05, 4.69) is 20.6 Å². The molecule has 0 bridgehead atoms. The first-order valence-electron chi connectivity index (χ1n) is 7.47. The van der Waals surface area contributed by atoms with E-state index in [4.69, 9.17) is 0 Å². The van der Waals surface area contributed by atoms with E-state index >= 15 is 0 Å². The summed E-state index contributed by atoms with van der Waals surface area (Å²) in [5.74, 6) is 0.0595. The molecule has 0 aliphatic rings. The largest absolute Gasteiger partial charge is 0.359 e. The number of guanidine groups is 1. The van der Waals surface area contributed by atoms with Crippen molar-refractivity contribution in [1.82, 2.24) is 10.3 Å². The Hall–Kier alpha value is -3.06. The Morgan fingerprint density at radius 1 is 1.24 bits per heavy atom. The lowest BCUT2D eigenvalue weighted by Crippen LogP contribution is -2.27. The minimum atomic E-state index is -0.319. The fraction of sp³-hybridized carbons (Fsp3) is 0.0556. The molecule has 0 amide bonds. The van der Waals surface area contributed by atoms with Crippen molar-refractivity contribution in [2.75, 3.05) is 12.4 Å². The maximum Gasteiger partial charge on any atom is 0.200 e. The fourth-order valence-corrected chi connectivity index (χ4v) is 2.90. The summed E-state index contributed by atoms with van der Waals surface area (Å²) in [6, 6.07) is 11.6. The van der Waals surface area contributed by atoms with Gasteiger partial charge in [0.25, 0.3) is 0 Å². The van der Waals surface area contributed by atoms with Crippen LogP contribution in [0.15, 0.2) is 58.7 Å². The molecule has 2 N–H and O–H groups in total. The van der Waals surface area contributed by atoms with Gasteiger partial charge in [-0.1, -0.05) is 6.07 Å². The third kappa shape index (κ3) is 4.27. The number of halogens is 1. The van der Waals surface area contributed by atoms with Gasteiger partial charge in [-0.3, -0.25) is 4.79 Å². The second kappa shape index (κ2) is 7.67. The van der Waals surface area contributed by atoms with Gasteiger partial charge in [-0.2, -0.15) is 0 Å². The first-order valence-corrected chi connectivity index (χ1v) is 8.35. The predicted octanol–water partition coefficient (Wildman–Crippen LogP) is 3.66. The highest BCUT2D eigenvalue weighted by Gasteiger charge is 2.02. The molecule has 0 radical (unpaired) electrons. The molecule has 0 atom stereocenters. The van der Waals surface area contributed by atoms with Gasteiger partial charge in [-0.05, 0) is 48.0 Å². The molecule has 3 rings (SSSR count). The van der Waals surface area contributed by atoms with Crippen LogP contribution in [0.25, 0.3) is 16.3 Å². The van der Waals surface area contributed by atoms with Crippen LogP contribution in [0.4, 0.5) is 10.1 Å². The Morgan fingerprint density at radius 2 is 2.04 bits per heavy atom. The van der Waals surface area contributed by atoms with Gasteiger partial charge in [-0.15, -0.1) is 11.3 Å². The molecular formula is C18H15FN4OS. The van der Waals surface area contributed by atoms with Crippen molar-refractivity contribution in [1.29, 1.82) is 0 Å². The molecule has 0 unspecified atom stereocenters. The summed E-state index contributed by atoms with van der Waals surface area (Å²) >= 11 is 1.54. The highest BCUT2D eigenvalue weighted by molar-refractivity contribution is 7.16. The van der Waals surface area contributed by atoms with Crippen molar-refractivity contribution in [2.24, 2.45) is 4.99 Å². The van der Waals surface area contributed by atoms with E-state index in [1.807, 2.05) is 18.2 Å². The summed E-state index contributed by atoms with van der Waals surface area (Å²) in [6.45, 7) is 0. The van der Waals surface area contributed by atoms with E-state index in [0.717, 1.165) is 15.8 Å². The molecule has 2 aromatic carbocycles. The third-order valence-electron chi connectivity index (χ3n) is 3.38. The Kier molecular flexibility index (Phi) is 5.15. The quantitative estimate of drug-likeness (QED) is 0.325. The molecule has 0 saturated carbocycles. The van der Waals surface area contributed by atoms with Crippen molar-refractivity contribution in [3.8, 4) is 0 Å². The monoisotopic (exact) mass is 354 g/mol. The number of aromatic nitrogens is 1. The van der Waals surface area contributed by atoms with Gasteiger partial charge in [0.15, 0.2) is 6.29 Å². The third-order valence-corrected chi connectivity index (χ3v) is 4.17. The van der Waals surface area contributed by atoms with Crippen LogP contribution in [-0.2, 0) is 4.79 Å². The zero-order valence-electron chi connectivity index (χ0n) is 13.4. The van der Waals surface area contributed by atoms with E-state index in [-0.39, 0.29) is 11.5 Å². The number of thiazole rings is 1. The van der Waals surface area contributed by atoms with E-state index in [1.54, 1.807) is 30.8 Å². The minimum absolute atomic E-state index is 0.253. The van der Waals surface area contributed by atoms with Crippen LogP contribution in [0, 0.1) is 5.82 Å². The van der Waals surface area contributed by atoms with Gasteiger partial charge in [0.05, 0.1) is 15.7 Å². The van der Waals surface area contributed by atoms with Crippen LogP contribution in [0.5, 0.6) is 0 Å². The zero-order valence-corrected chi connectivity index (χ0v) is 14.2. The Labute approximate surface area is 147 Å². The summed E-state index contributed by atoms with van der Waals surface area (Å²) in [7, 11) is 1.68. The molecule has 25 heavy (non-hydrogen) atoms. The number of aliphatic imine (C=N–C) groups is 1. The summed E-state index contributed by atoms with van der Waals surface area (Å²) in [5, 5.41) is 5.88. The van der Waals surface area contributed by atoms with Crippen molar-refractivity contribution >= 4 is 45.6 Å². The predicted molar refractivity (Wildman–Crippen MR) is 100 cm³/mol. The first kappa shape index (κ1) is 16.8. The normalized spacial score (nSPS) is 12.2. The first-order chi connectivity index (χ1) is 12.2. The second-order valence-electron chi connectivity index (χ2n) is 5.11. The number of hydrogen-bond donors (Lipinski definition) is 2. The average molecular weight is 354 g/mol. The number of carbonyl (C=O) groups excluding carboxylic acids is 1. The lowest BCUT2D eigenvalue weighted by molar-refractivity contribution is -0.104. The summed E-state index contributed by atoms with van der Waals surface area (Å²) in [6.07, 6.45) is 2.37. The average Bonchev–Trinajstić information content (AvgIpc) is 3.10. The number of carbonyl (C=O) groups is 1. The standard InChI is InChI=1S/C18H15FN4OS/c1-20-18(22-14-5-3-13(19)4-6-14)23-15(10-24)8-12-2-7-16-17(9-12)25-11-21-16/h2-11H,1H3,(H2,20,22,23)/b15-8-. The van der Waals surface area contributed by atoms with Gasteiger partial charge in [0.1, 0.15) is 11.5 Å². The van der Waals surface area contributed by atoms with Crippen LogP contribution < -0.4 is 10.6 Å². The summed E-state index contributed by atoms with van der Waals surface area (Å²) in [4.78, 5) is 19.9. The maximum atomic E-state index is 13.0. The van der Waals surface area contributed by atoms with Crippen LogP contribution in [0.3, 0.4) is 0 Å². The van der Waals surface area contributed by atoms with Crippen molar-refractivity contribution in [3.05, 3.63) is 65.1 Å². The highest BCUT2D eigenvalue weighted by Crippen LogP contribution is 2.20. The molecule has 3 aromatic rings. The number of fused-ring (bicyclic) bond motifs is 1. The topological polar surface area (TPSA) is 66.4 Å². The number of nitrogens with one attached hydrogen (secondary N) is 2. The molecule has 0 spiro atoms.